The molecule has 1 aromatic carbocycles. The van der Waals surface area contributed by atoms with Crippen LogP contribution in [-0.2, 0) is 11.3 Å². The van der Waals surface area contributed by atoms with E-state index in [9.17, 15) is 4.79 Å². The van der Waals surface area contributed by atoms with E-state index >= 15 is 0 Å². The first kappa shape index (κ1) is 13.1. The molecule has 0 unspecified atom stereocenters. The highest BCUT2D eigenvalue weighted by Crippen LogP contribution is 2.13. The van der Waals surface area contributed by atoms with Gasteiger partial charge in [-0.05, 0) is 37.6 Å². The number of aromatic nitrogens is 2. The zero-order chi connectivity index (χ0) is 13.8. The van der Waals surface area contributed by atoms with Crippen molar-refractivity contribution in [3.05, 3.63) is 47.5 Å². The minimum atomic E-state index is -0.324. The third-order valence-corrected chi connectivity index (χ3v) is 2.96. The molecule has 0 saturated carbocycles. The predicted molar refractivity (Wildman–Crippen MR) is 72.8 cm³/mol. The van der Waals surface area contributed by atoms with E-state index in [1.165, 1.54) is 0 Å². The fourth-order valence-electron chi connectivity index (χ4n) is 1.87. The molecule has 1 aromatic heterocycles. The normalized spacial score (nSPS) is 10.4. The van der Waals surface area contributed by atoms with E-state index < -0.39 is 0 Å². The summed E-state index contributed by atoms with van der Waals surface area (Å²) in [4.78, 5) is 16.0. The average Bonchev–Trinajstić information content (AvgIpc) is 2.75. The maximum Gasteiger partial charge on any atom is 0.338 e. The Bertz CT molecular complexity index is 590. The SMILES string of the molecule is Cc1cc(N)ccc1C(=O)OCCn1ccnc1C. The largest absolute Gasteiger partial charge is 0.460 e. The lowest BCUT2D eigenvalue weighted by Crippen LogP contribution is -2.13. The number of imidazole rings is 1. The van der Waals surface area contributed by atoms with Crippen molar-refractivity contribution in [3.8, 4) is 0 Å². The topological polar surface area (TPSA) is 70.1 Å². The third kappa shape index (κ3) is 3.13. The lowest BCUT2D eigenvalue weighted by Gasteiger charge is -2.09. The van der Waals surface area contributed by atoms with Crippen molar-refractivity contribution in [1.29, 1.82) is 0 Å². The maximum atomic E-state index is 11.9. The van der Waals surface area contributed by atoms with Crippen molar-refractivity contribution in [2.75, 3.05) is 12.3 Å². The Morgan fingerprint density at radius 2 is 2.21 bits per heavy atom. The maximum absolute atomic E-state index is 11.9. The van der Waals surface area contributed by atoms with Crippen molar-refractivity contribution in [2.45, 2.75) is 20.4 Å². The Hall–Kier alpha value is -2.30. The highest BCUT2D eigenvalue weighted by atomic mass is 16.5. The Labute approximate surface area is 112 Å². The number of nitrogen functional groups attached to an aromatic ring is 1. The van der Waals surface area contributed by atoms with Gasteiger partial charge in [0.15, 0.2) is 0 Å². The smallest absolute Gasteiger partial charge is 0.338 e. The zero-order valence-electron chi connectivity index (χ0n) is 11.1. The quantitative estimate of drug-likeness (QED) is 0.673. The summed E-state index contributed by atoms with van der Waals surface area (Å²) in [7, 11) is 0. The summed E-state index contributed by atoms with van der Waals surface area (Å²) in [5.74, 6) is 0.579. The number of carbonyl (C=O) groups excluding carboxylic acids is 1. The first-order valence-electron chi connectivity index (χ1n) is 6.09. The van der Waals surface area contributed by atoms with Gasteiger partial charge in [0, 0.05) is 18.1 Å². The summed E-state index contributed by atoms with van der Waals surface area (Å²) in [6.07, 6.45) is 3.58. The van der Waals surface area contributed by atoms with Crippen molar-refractivity contribution in [2.24, 2.45) is 0 Å². The molecular weight excluding hydrogens is 242 g/mol. The molecule has 2 rings (SSSR count). The summed E-state index contributed by atoms with van der Waals surface area (Å²) >= 11 is 0. The van der Waals surface area contributed by atoms with E-state index in [4.69, 9.17) is 10.5 Å². The van der Waals surface area contributed by atoms with Gasteiger partial charge in [-0.3, -0.25) is 0 Å². The van der Waals surface area contributed by atoms with Crippen LogP contribution in [0.4, 0.5) is 5.69 Å². The van der Waals surface area contributed by atoms with Gasteiger partial charge in [-0.2, -0.15) is 0 Å². The van der Waals surface area contributed by atoms with Crippen LogP contribution in [0.5, 0.6) is 0 Å². The van der Waals surface area contributed by atoms with E-state index in [-0.39, 0.29) is 5.97 Å². The molecule has 0 fully saturated rings. The number of nitrogens with two attached hydrogens (primary N) is 1. The predicted octanol–water partition coefficient (Wildman–Crippen LogP) is 1.94. The molecule has 0 aliphatic carbocycles. The monoisotopic (exact) mass is 259 g/mol. The minimum Gasteiger partial charge on any atom is -0.460 e. The van der Waals surface area contributed by atoms with Gasteiger partial charge >= 0.3 is 5.97 Å². The molecular formula is C14H17N3O2. The van der Waals surface area contributed by atoms with Gasteiger partial charge in [0.25, 0.3) is 0 Å². The molecule has 5 nitrogen and oxygen atoms in total. The van der Waals surface area contributed by atoms with E-state index in [2.05, 4.69) is 4.98 Å². The number of anilines is 1. The molecule has 2 N–H and O–H groups in total. The van der Waals surface area contributed by atoms with Gasteiger partial charge in [0.05, 0.1) is 12.1 Å². The number of carbonyl (C=O) groups is 1. The average molecular weight is 259 g/mol. The number of hydrogen-bond donors (Lipinski definition) is 1. The second-order valence-electron chi connectivity index (χ2n) is 4.38. The highest BCUT2D eigenvalue weighted by molar-refractivity contribution is 5.91. The summed E-state index contributed by atoms with van der Waals surface area (Å²) in [5, 5.41) is 0. The van der Waals surface area contributed by atoms with Gasteiger partial charge < -0.3 is 15.0 Å². The van der Waals surface area contributed by atoms with Crippen LogP contribution in [0.2, 0.25) is 0 Å². The molecule has 0 aliphatic heterocycles. The summed E-state index contributed by atoms with van der Waals surface area (Å²) in [6.45, 7) is 4.67. The van der Waals surface area contributed by atoms with E-state index in [0.717, 1.165) is 11.4 Å². The zero-order valence-corrected chi connectivity index (χ0v) is 11.1. The first-order chi connectivity index (χ1) is 9.08. The summed E-state index contributed by atoms with van der Waals surface area (Å²) < 4.78 is 7.18. The minimum absolute atomic E-state index is 0.319. The van der Waals surface area contributed by atoms with Crippen molar-refractivity contribution in [1.82, 2.24) is 9.55 Å². The van der Waals surface area contributed by atoms with E-state index in [0.29, 0.717) is 24.4 Å². The van der Waals surface area contributed by atoms with Crippen LogP contribution >= 0.6 is 0 Å². The molecule has 5 heteroatoms. The third-order valence-electron chi connectivity index (χ3n) is 2.96. The Morgan fingerprint density at radius 3 is 2.84 bits per heavy atom. The van der Waals surface area contributed by atoms with Crippen LogP contribution in [0.1, 0.15) is 21.7 Å². The van der Waals surface area contributed by atoms with Crippen LogP contribution in [0.3, 0.4) is 0 Å². The summed E-state index contributed by atoms with van der Waals surface area (Å²) in [6, 6.07) is 5.15. The Morgan fingerprint density at radius 1 is 1.42 bits per heavy atom. The second-order valence-corrected chi connectivity index (χ2v) is 4.38. The lowest BCUT2D eigenvalue weighted by molar-refractivity contribution is 0.0490. The second kappa shape index (κ2) is 5.56. The number of esters is 1. The van der Waals surface area contributed by atoms with E-state index in [1.807, 2.05) is 24.6 Å². The van der Waals surface area contributed by atoms with Crippen LogP contribution in [-0.4, -0.2) is 22.1 Å². The number of nitrogens with zero attached hydrogens (tertiary/aromatic N) is 2. The molecule has 1 heterocycles. The van der Waals surface area contributed by atoms with Gasteiger partial charge in [0.2, 0.25) is 0 Å². The number of rotatable bonds is 4. The van der Waals surface area contributed by atoms with E-state index in [1.54, 1.807) is 24.4 Å². The molecule has 0 radical (unpaired) electrons. The van der Waals surface area contributed by atoms with Crippen molar-refractivity contribution < 1.29 is 9.53 Å². The fourth-order valence-corrected chi connectivity index (χ4v) is 1.87. The molecule has 0 spiro atoms. The molecule has 2 aromatic rings. The summed E-state index contributed by atoms with van der Waals surface area (Å²) in [5.41, 5.74) is 7.66. The van der Waals surface area contributed by atoms with Crippen molar-refractivity contribution >= 4 is 11.7 Å². The van der Waals surface area contributed by atoms with Gasteiger partial charge in [-0.1, -0.05) is 0 Å². The van der Waals surface area contributed by atoms with Crippen LogP contribution in [0.25, 0.3) is 0 Å². The molecule has 0 saturated heterocycles. The standard InChI is InChI=1S/C14H17N3O2/c1-10-9-12(15)3-4-13(10)14(18)19-8-7-17-6-5-16-11(17)2/h3-6,9H,7-8,15H2,1-2H3. The first-order valence-corrected chi connectivity index (χ1v) is 6.09. The fraction of sp³-hybridized carbons (Fsp3) is 0.286. The van der Waals surface area contributed by atoms with Crippen LogP contribution < -0.4 is 5.73 Å². The number of ether oxygens (including phenoxy) is 1. The van der Waals surface area contributed by atoms with Gasteiger partial charge in [-0.15, -0.1) is 0 Å². The van der Waals surface area contributed by atoms with Crippen LogP contribution in [0, 0.1) is 13.8 Å². The number of aryl methyl sites for hydroxylation is 2. The number of benzene rings is 1. The molecule has 19 heavy (non-hydrogen) atoms. The molecule has 100 valence electrons. The lowest BCUT2D eigenvalue weighted by atomic mass is 10.1. The van der Waals surface area contributed by atoms with Gasteiger partial charge in [-0.25, -0.2) is 9.78 Å². The highest BCUT2D eigenvalue weighted by Gasteiger charge is 2.10. The van der Waals surface area contributed by atoms with Gasteiger partial charge in [0.1, 0.15) is 12.4 Å². The molecule has 0 amide bonds. The molecule has 0 atom stereocenters. The molecule has 0 bridgehead atoms. The number of hydrogen-bond acceptors (Lipinski definition) is 4. The Balaban J connectivity index is 1.93. The van der Waals surface area contributed by atoms with Crippen molar-refractivity contribution in [3.63, 3.8) is 0 Å². The Kier molecular flexibility index (Phi) is 3.85. The molecule has 0 aliphatic rings. The van der Waals surface area contributed by atoms with Crippen LogP contribution in [0.15, 0.2) is 30.6 Å².